The number of carbonyl (C=O) groups excluding carboxylic acids is 1. The van der Waals surface area contributed by atoms with Gasteiger partial charge in [0.1, 0.15) is 0 Å². The maximum Gasteiger partial charge on any atom is 0.251 e. The maximum absolute atomic E-state index is 11.5. The summed E-state index contributed by atoms with van der Waals surface area (Å²) < 4.78 is 0. The zero-order valence-corrected chi connectivity index (χ0v) is 11.6. The van der Waals surface area contributed by atoms with Gasteiger partial charge >= 0.3 is 0 Å². The lowest BCUT2D eigenvalue weighted by atomic mass is 10.1. The third-order valence-electron chi connectivity index (χ3n) is 3.05. The van der Waals surface area contributed by atoms with Crippen molar-refractivity contribution >= 4 is 29.0 Å². The Labute approximate surface area is 112 Å². The van der Waals surface area contributed by atoms with Gasteiger partial charge in [0.25, 0.3) is 5.91 Å². The molecule has 0 radical (unpaired) electrons. The van der Waals surface area contributed by atoms with Gasteiger partial charge in [-0.3, -0.25) is 4.79 Å². The average molecular weight is 265 g/mol. The van der Waals surface area contributed by atoms with E-state index in [0.717, 1.165) is 23.5 Å². The molecule has 1 aliphatic heterocycles. The molecule has 0 saturated heterocycles. The normalized spacial score (nSPS) is 15.1. The fourth-order valence-corrected chi connectivity index (χ4v) is 2.76. The van der Waals surface area contributed by atoms with Crippen LogP contribution in [-0.2, 0) is 6.54 Å². The molecular formula is C13H19N3OS. The molecule has 1 atom stereocenters. The first-order chi connectivity index (χ1) is 8.61. The van der Waals surface area contributed by atoms with Gasteiger partial charge < -0.3 is 16.4 Å². The van der Waals surface area contributed by atoms with Crippen LogP contribution in [0.4, 0.5) is 11.4 Å². The van der Waals surface area contributed by atoms with Crippen LogP contribution in [0.15, 0.2) is 12.1 Å². The zero-order chi connectivity index (χ0) is 13.1. The molecule has 5 heteroatoms. The number of thioether (sulfide) groups is 1. The lowest BCUT2D eigenvalue weighted by molar-refractivity contribution is 0.0966. The predicted octanol–water partition coefficient (Wildman–Crippen LogP) is 1.92. The van der Waals surface area contributed by atoms with Gasteiger partial charge in [0, 0.05) is 18.7 Å². The third kappa shape index (κ3) is 2.72. The number of hydrogen-bond acceptors (Lipinski definition) is 4. The van der Waals surface area contributed by atoms with Crippen molar-refractivity contribution in [2.45, 2.75) is 13.5 Å². The highest BCUT2D eigenvalue weighted by Crippen LogP contribution is 2.27. The number of benzene rings is 1. The standard InChI is InChI=1S/C13H19N3OS/c1-8(7-18-2)5-15-12-3-9-6-16-13(17)10(9)4-11(12)14/h3-4,8,15H,5-7,14H2,1-2H3,(H,16,17). The molecule has 2 rings (SSSR count). The lowest BCUT2D eigenvalue weighted by Crippen LogP contribution is -2.14. The molecule has 0 saturated carbocycles. The van der Waals surface area contributed by atoms with Gasteiger partial charge in [0.2, 0.25) is 0 Å². The van der Waals surface area contributed by atoms with Crippen LogP contribution in [-0.4, -0.2) is 24.5 Å². The number of hydrogen-bond donors (Lipinski definition) is 3. The van der Waals surface area contributed by atoms with E-state index < -0.39 is 0 Å². The molecule has 1 aliphatic rings. The number of carbonyl (C=O) groups is 1. The van der Waals surface area contributed by atoms with Crippen LogP contribution in [0.25, 0.3) is 0 Å². The van der Waals surface area contributed by atoms with Crippen molar-refractivity contribution in [1.82, 2.24) is 5.32 Å². The highest BCUT2D eigenvalue weighted by Gasteiger charge is 2.20. The molecule has 4 nitrogen and oxygen atoms in total. The topological polar surface area (TPSA) is 67.1 Å². The second-order valence-corrected chi connectivity index (χ2v) is 5.63. The Balaban J connectivity index is 2.08. The van der Waals surface area contributed by atoms with Crippen LogP contribution in [0.3, 0.4) is 0 Å². The summed E-state index contributed by atoms with van der Waals surface area (Å²) in [5.74, 6) is 1.68. The first-order valence-electron chi connectivity index (χ1n) is 6.05. The summed E-state index contributed by atoms with van der Waals surface area (Å²) in [5.41, 5.74) is 9.26. The molecule has 98 valence electrons. The van der Waals surface area contributed by atoms with Crippen molar-refractivity contribution in [3.63, 3.8) is 0 Å². The molecule has 0 aromatic heterocycles. The second-order valence-electron chi connectivity index (χ2n) is 4.72. The maximum atomic E-state index is 11.5. The molecule has 1 aromatic carbocycles. The van der Waals surface area contributed by atoms with Gasteiger partial charge in [-0.1, -0.05) is 6.92 Å². The summed E-state index contributed by atoms with van der Waals surface area (Å²) in [6.45, 7) is 3.70. The Morgan fingerprint density at radius 3 is 3.06 bits per heavy atom. The summed E-state index contributed by atoms with van der Waals surface area (Å²) in [6, 6.07) is 3.74. The fourth-order valence-electron chi connectivity index (χ4n) is 2.07. The lowest BCUT2D eigenvalue weighted by Gasteiger charge is -2.14. The molecule has 0 spiro atoms. The molecule has 1 amide bonds. The summed E-state index contributed by atoms with van der Waals surface area (Å²) in [6.07, 6.45) is 2.11. The smallest absolute Gasteiger partial charge is 0.251 e. The van der Waals surface area contributed by atoms with E-state index in [1.54, 1.807) is 6.07 Å². The summed E-state index contributed by atoms with van der Waals surface area (Å²) in [5, 5.41) is 6.16. The third-order valence-corrected chi connectivity index (χ3v) is 3.95. The number of nitrogens with one attached hydrogen (secondary N) is 2. The molecule has 0 fully saturated rings. The van der Waals surface area contributed by atoms with Gasteiger partial charge in [-0.25, -0.2) is 0 Å². The number of nitrogen functional groups attached to an aromatic ring is 1. The zero-order valence-electron chi connectivity index (χ0n) is 10.7. The average Bonchev–Trinajstić information content (AvgIpc) is 2.68. The fraction of sp³-hybridized carbons (Fsp3) is 0.462. The molecular weight excluding hydrogens is 246 g/mol. The Hall–Kier alpha value is -1.36. The van der Waals surface area contributed by atoms with Gasteiger partial charge in [-0.2, -0.15) is 11.8 Å². The van der Waals surface area contributed by atoms with E-state index >= 15 is 0 Å². The van der Waals surface area contributed by atoms with Gasteiger partial charge in [-0.15, -0.1) is 0 Å². The van der Waals surface area contributed by atoms with Crippen LogP contribution in [0.5, 0.6) is 0 Å². The minimum absolute atomic E-state index is 0.0287. The van der Waals surface area contributed by atoms with E-state index in [0.29, 0.717) is 23.7 Å². The molecule has 18 heavy (non-hydrogen) atoms. The predicted molar refractivity (Wildman–Crippen MR) is 78.1 cm³/mol. The minimum Gasteiger partial charge on any atom is -0.397 e. The van der Waals surface area contributed by atoms with E-state index in [4.69, 9.17) is 5.73 Å². The highest BCUT2D eigenvalue weighted by molar-refractivity contribution is 7.98. The van der Waals surface area contributed by atoms with Crippen LogP contribution in [0, 0.1) is 5.92 Å². The van der Waals surface area contributed by atoms with Gasteiger partial charge in [0.05, 0.1) is 11.4 Å². The van der Waals surface area contributed by atoms with Crippen LogP contribution >= 0.6 is 11.8 Å². The van der Waals surface area contributed by atoms with Crippen LogP contribution in [0.1, 0.15) is 22.8 Å². The molecule has 1 heterocycles. The summed E-state index contributed by atoms with van der Waals surface area (Å²) in [7, 11) is 0. The van der Waals surface area contributed by atoms with Crippen molar-refractivity contribution in [3.05, 3.63) is 23.3 Å². The van der Waals surface area contributed by atoms with Gasteiger partial charge in [0.15, 0.2) is 0 Å². The molecule has 0 bridgehead atoms. The number of amides is 1. The summed E-state index contributed by atoms with van der Waals surface area (Å²) >= 11 is 1.84. The van der Waals surface area contributed by atoms with Crippen LogP contribution < -0.4 is 16.4 Å². The number of anilines is 2. The van der Waals surface area contributed by atoms with E-state index in [1.807, 2.05) is 17.8 Å². The molecule has 4 N–H and O–H groups in total. The van der Waals surface area contributed by atoms with Crippen molar-refractivity contribution in [2.75, 3.05) is 29.6 Å². The van der Waals surface area contributed by atoms with Crippen molar-refractivity contribution < 1.29 is 4.79 Å². The first kappa shape index (κ1) is 13.1. The van der Waals surface area contributed by atoms with E-state index in [2.05, 4.69) is 23.8 Å². The quantitative estimate of drug-likeness (QED) is 0.712. The second kappa shape index (κ2) is 5.52. The number of nitrogens with two attached hydrogens (primary N) is 1. The molecule has 1 unspecified atom stereocenters. The van der Waals surface area contributed by atoms with E-state index in [9.17, 15) is 4.79 Å². The summed E-state index contributed by atoms with van der Waals surface area (Å²) in [4.78, 5) is 11.5. The van der Waals surface area contributed by atoms with Crippen LogP contribution in [0.2, 0.25) is 0 Å². The van der Waals surface area contributed by atoms with Gasteiger partial charge in [-0.05, 0) is 35.6 Å². The Bertz CT molecular complexity index is 462. The minimum atomic E-state index is -0.0287. The Morgan fingerprint density at radius 2 is 2.33 bits per heavy atom. The monoisotopic (exact) mass is 265 g/mol. The highest BCUT2D eigenvalue weighted by atomic mass is 32.2. The van der Waals surface area contributed by atoms with E-state index in [1.165, 1.54) is 0 Å². The van der Waals surface area contributed by atoms with Crippen molar-refractivity contribution in [2.24, 2.45) is 5.92 Å². The first-order valence-corrected chi connectivity index (χ1v) is 7.44. The number of rotatable bonds is 5. The molecule has 0 aliphatic carbocycles. The Morgan fingerprint density at radius 1 is 1.56 bits per heavy atom. The largest absolute Gasteiger partial charge is 0.397 e. The SMILES string of the molecule is CSCC(C)CNc1cc2c(cc1N)C(=O)NC2. The van der Waals surface area contributed by atoms with Crippen molar-refractivity contribution in [3.8, 4) is 0 Å². The van der Waals surface area contributed by atoms with E-state index in [-0.39, 0.29) is 5.91 Å². The number of fused-ring (bicyclic) bond motifs is 1. The molecule has 1 aromatic rings. The van der Waals surface area contributed by atoms with Crippen molar-refractivity contribution in [1.29, 1.82) is 0 Å². The Kier molecular flexibility index (Phi) is 4.01.